The van der Waals surface area contributed by atoms with Crippen LogP contribution in [-0.2, 0) is 19.0 Å². The predicted octanol–water partition coefficient (Wildman–Crippen LogP) is 4.38. The van der Waals surface area contributed by atoms with Crippen molar-refractivity contribution < 1.29 is 17.7 Å². The van der Waals surface area contributed by atoms with Crippen molar-refractivity contribution in [1.82, 2.24) is 15.1 Å². The molecule has 8 heteroatoms. The van der Waals surface area contributed by atoms with Gasteiger partial charge < -0.3 is 9.51 Å². The van der Waals surface area contributed by atoms with Crippen LogP contribution in [0.2, 0.25) is 0 Å². The van der Waals surface area contributed by atoms with Gasteiger partial charge in [-0.1, -0.05) is 47.6 Å². The molecule has 0 aliphatic carbocycles. The Balaban J connectivity index is 1.69. The van der Waals surface area contributed by atoms with E-state index in [0.29, 0.717) is 18.4 Å². The van der Waals surface area contributed by atoms with Gasteiger partial charge in [0.25, 0.3) is 5.56 Å². The number of H-pyrrole nitrogens is 1. The van der Waals surface area contributed by atoms with Gasteiger partial charge in [-0.25, -0.2) is 0 Å². The number of aromatic nitrogens is 3. The molecule has 28 heavy (non-hydrogen) atoms. The minimum atomic E-state index is -4.74. The number of aryl methyl sites for hydroxylation is 1. The highest BCUT2D eigenvalue weighted by atomic mass is 19.4. The Labute approximate surface area is 156 Å². The fraction of sp³-hybridized carbons (Fsp3) is 0.150. The molecular weight excluding hydrogens is 371 g/mol. The molecule has 0 atom stereocenters. The number of nitrogens with one attached hydrogen (secondary N) is 1. The van der Waals surface area contributed by atoms with Crippen molar-refractivity contribution in [3.8, 4) is 11.4 Å². The zero-order valence-electron chi connectivity index (χ0n) is 14.5. The molecule has 0 radical (unpaired) electrons. The molecule has 0 aliphatic heterocycles. The van der Waals surface area contributed by atoms with Crippen molar-refractivity contribution in [2.45, 2.75) is 19.0 Å². The number of aromatic amines is 1. The average Bonchev–Trinajstić information content (AvgIpc) is 3.17. The van der Waals surface area contributed by atoms with E-state index in [1.165, 1.54) is 12.3 Å². The maximum Gasteiger partial charge on any atom is 0.471 e. The van der Waals surface area contributed by atoms with Gasteiger partial charge in [0.2, 0.25) is 5.82 Å². The fourth-order valence-electron chi connectivity index (χ4n) is 3.19. The Bertz CT molecular complexity index is 1190. The Hall–Kier alpha value is -3.42. The molecule has 142 valence electrons. The molecule has 1 N–H and O–H groups in total. The first-order valence-electron chi connectivity index (χ1n) is 8.52. The summed E-state index contributed by atoms with van der Waals surface area (Å²) < 4.78 is 42.6. The van der Waals surface area contributed by atoms with Gasteiger partial charge in [0, 0.05) is 17.3 Å². The minimum absolute atomic E-state index is 0.225. The second-order valence-corrected chi connectivity index (χ2v) is 6.26. The highest BCUT2D eigenvalue weighted by Gasteiger charge is 2.38. The third kappa shape index (κ3) is 3.40. The topological polar surface area (TPSA) is 71.8 Å². The monoisotopic (exact) mass is 385 g/mol. The van der Waals surface area contributed by atoms with Crippen molar-refractivity contribution in [3.63, 3.8) is 0 Å². The second-order valence-electron chi connectivity index (χ2n) is 6.26. The summed E-state index contributed by atoms with van der Waals surface area (Å²) in [7, 11) is 0. The average molecular weight is 385 g/mol. The number of alkyl halides is 3. The molecule has 5 nitrogen and oxygen atoms in total. The largest absolute Gasteiger partial charge is 0.471 e. The lowest BCUT2D eigenvalue weighted by atomic mass is 9.97. The number of hydrogen-bond donors (Lipinski definition) is 1. The van der Waals surface area contributed by atoms with E-state index in [0.717, 1.165) is 16.3 Å². The van der Waals surface area contributed by atoms with Crippen LogP contribution in [0.25, 0.3) is 22.2 Å². The molecule has 0 bridgehead atoms. The Morgan fingerprint density at radius 2 is 1.79 bits per heavy atom. The number of halogens is 3. The van der Waals surface area contributed by atoms with Crippen LogP contribution in [0.1, 0.15) is 17.0 Å². The zero-order chi connectivity index (χ0) is 19.7. The van der Waals surface area contributed by atoms with Gasteiger partial charge in [0.1, 0.15) is 0 Å². The fourth-order valence-corrected chi connectivity index (χ4v) is 3.19. The third-order valence-electron chi connectivity index (χ3n) is 4.50. The number of benzene rings is 2. The third-order valence-corrected chi connectivity index (χ3v) is 4.50. The van der Waals surface area contributed by atoms with E-state index in [4.69, 9.17) is 0 Å². The van der Waals surface area contributed by atoms with Crippen LogP contribution in [0.5, 0.6) is 0 Å². The number of hydrogen-bond acceptors (Lipinski definition) is 4. The van der Waals surface area contributed by atoms with Crippen LogP contribution >= 0.6 is 0 Å². The molecule has 4 aromatic rings. The Morgan fingerprint density at radius 3 is 2.57 bits per heavy atom. The van der Waals surface area contributed by atoms with Gasteiger partial charge in [0.15, 0.2) is 0 Å². The molecule has 2 aromatic carbocycles. The number of pyridine rings is 1. The van der Waals surface area contributed by atoms with Gasteiger partial charge >= 0.3 is 12.1 Å². The number of nitrogens with zero attached hydrogens (tertiary/aromatic N) is 2. The van der Waals surface area contributed by atoms with E-state index in [-0.39, 0.29) is 11.4 Å². The SMILES string of the molecule is O=c1[nH]ccc(-c2noc(C(F)(F)F)n2)c1CCc1cccc2ccccc12. The van der Waals surface area contributed by atoms with Crippen LogP contribution in [0, 0.1) is 0 Å². The summed E-state index contributed by atoms with van der Waals surface area (Å²) in [5.41, 5.74) is 1.18. The van der Waals surface area contributed by atoms with Crippen molar-refractivity contribution in [1.29, 1.82) is 0 Å². The summed E-state index contributed by atoms with van der Waals surface area (Å²) in [6, 6.07) is 15.2. The zero-order valence-corrected chi connectivity index (χ0v) is 14.5. The predicted molar refractivity (Wildman–Crippen MR) is 96.7 cm³/mol. The van der Waals surface area contributed by atoms with E-state index < -0.39 is 17.6 Å². The smallest absolute Gasteiger partial charge is 0.329 e. The van der Waals surface area contributed by atoms with Crippen LogP contribution in [0.15, 0.2) is 64.0 Å². The number of fused-ring (bicyclic) bond motifs is 1. The van der Waals surface area contributed by atoms with E-state index in [2.05, 4.69) is 19.6 Å². The molecule has 0 amide bonds. The maximum atomic E-state index is 12.8. The summed E-state index contributed by atoms with van der Waals surface area (Å²) in [5.74, 6) is -1.70. The molecule has 2 heterocycles. The second kappa shape index (κ2) is 6.95. The molecule has 0 saturated heterocycles. The first-order valence-corrected chi connectivity index (χ1v) is 8.52. The first kappa shape index (κ1) is 18.0. The van der Waals surface area contributed by atoms with Gasteiger partial charge in [-0.15, -0.1) is 0 Å². The van der Waals surface area contributed by atoms with Crippen LogP contribution in [-0.4, -0.2) is 15.1 Å². The summed E-state index contributed by atoms with van der Waals surface area (Å²) >= 11 is 0. The molecular formula is C20H14F3N3O2. The normalized spacial score (nSPS) is 11.8. The van der Waals surface area contributed by atoms with Crippen LogP contribution < -0.4 is 5.56 Å². The van der Waals surface area contributed by atoms with Gasteiger partial charge in [-0.05, 0) is 35.2 Å². The van der Waals surface area contributed by atoms with Gasteiger partial charge in [0.05, 0.1) is 0 Å². The van der Waals surface area contributed by atoms with Crippen molar-refractivity contribution in [2.75, 3.05) is 0 Å². The minimum Gasteiger partial charge on any atom is -0.329 e. The van der Waals surface area contributed by atoms with Crippen molar-refractivity contribution >= 4 is 10.8 Å². The van der Waals surface area contributed by atoms with Crippen molar-refractivity contribution in [3.05, 3.63) is 82.1 Å². The van der Waals surface area contributed by atoms with Crippen LogP contribution in [0.3, 0.4) is 0 Å². The quantitative estimate of drug-likeness (QED) is 0.566. The molecule has 0 unspecified atom stereocenters. The molecule has 2 aromatic heterocycles. The lowest BCUT2D eigenvalue weighted by molar-refractivity contribution is -0.159. The van der Waals surface area contributed by atoms with E-state index in [1.807, 2.05) is 42.5 Å². The van der Waals surface area contributed by atoms with Crippen LogP contribution in [0.4, 0.5) is 13.2 Å². The van der Waals surface area contributed by atoms with Gasteiger partial charge in [-0.2, -0.15) is 18.2 Å². The molecule has 4 rings (SSSR count). The van der Waals surface area contributed by atoms with E-state index in [9.17, 15) is 18.0 Å². The van der Waals surface area contributed by atoms with Gasteiger partial charge in [-0.3, -0.25) is 4.79 Å². The van der Waals surface area contributed by atoms with Crippen molar-refractivity contribution in [2.24, 2.45) is 0 Å². The highest BCUT2D eigenvalue weighted by Crippen LogP contribution is 2.30. The molecule has 0 saturated carbocycles. The lowest BCUT2D eigenvalue weighted by Gasteiger charge is -2.08. The maximum absolute atomic E-state index is 12.8. The lowest BCUT2D eigenvalue weighted by Crippen LogP contribution is -2.15. The summed E-state index contributed by atoms with van der Waals surface area (Å²) in [5, 5.41) is 5.55. The Morgan fingerprint density at radius 1 is 1.00 bits per heavy atom. The first-order chi connectivity index (χ1) is 13.4. The highest BCUT2D eigenvalue weighted by molar-refractivity contribution is 5.85. The molecule has 0 spiro atoms. The number of rotatable bonds is 4. The molecule has 0 fully saturated rings. The standard InChI is InChI=1S/C20H14F3N3O2/c21-20(22,23)19-25-17(26-28-19)15-10-11-24-18(27)16(15)9-8-13-6-3-5-12-4-1-2-7-14(12)13/h1-7,10-11H,8-9H2,(H,24,27). The Kier molecular flexibility index (Phi) is 4.46. The summed E-state index contributed by atoms with van der Waals surface area (Å²) in [6.07, 6.45) is -2.54. The van der Waals surface area contributed by atoms with E-state index in [1.54, 1.807) is 0 Å². The summed E-state index contributed by atoms with van der Waals surface area (Å²) in [6.45, 7) is 0. The molecule has 0 aliphatic rings. The van der Waals surface area contributed by atoms with E-state index >= 15 is 0 Å². The summed E-state index contributed by atoms with van der Waals surface area (Å²) in [4.78, 5) is 18.3.